The van der Waals surface area contributed by atoms with Gasteiger partial charge >= 0.3 is 0 Å². The second-order valence-electron chi connectivity index (χ2n) is 6.05. The lowest BCUT2D eigenvalue weighted by atomic mass is 10.1. The number of nitrogens with zero attached hydrogens (tertiary/aromatic N) is 2. The maximum atomic E-state index is 13.8. The van der Waals surface area contributed by atoms with Gasteiger partial charge in [0.25, 0.3) is 11.8 Å². The number of methoxy groups -OCH3 is 1. The Kier molecular flexibility index (Phi) is 5.60. The summed E-state index contributed by atoms with van der Waals surface area (Å²) in [5.41, 5.74) is 0.155. The molecule has 1 saturated heterocycles. The van der Waals surface area contributed by atoms with Crippen molar-refractivity contribution in [1.82, 2.24) is 9.80 Å². The fourth-order valence-electron chi connectivity index (χ4n) is 2.96. The molecule has 0 N–H and O–H groups in total. The van der Waals surface area contributed by atoms with Crippen molar-refractivity contribution in [3.8, 4) is 5.75 Å². The number of hydrogen-bond acceptors (Lipinski definition) is 3. The number of halogens is 3. The molecule has 2 aromatic carbocycles. The number of ether oxygens (including phenoxy) is 1. The molecule has 3 rings (SSSR count). The third-order valence-corrected chi connectivity index (χ3v) is 4.64. The van der Waals surface area contributed by atoms with Crippen molar-refractivity contribution in [3.05, 3.63) is 64.2 Å². The van der Waals surface area contributed by atoms with E-state index in [4.69, 9.17) is 16.3 Å². The highest BCUT2D eigenvalue weighted by Crippen LogP contribution is 2.25. The summed E-state index contributed by atoms with van der Waals surface area (Å²) in [5.74, 6) is -2.01. The molecule has 0 saturated carbocycles. The van der Waals surface area contributed by atoms with Gasteiger partial charge in [0.05, 0.1) is 18.2 Å². The van der Waals surface area contributed by atoms with Crippen LogP contribution in [0.4, 0.5) is 8.78 Å². The quantitative estimate of drug-likeness (QED) is 0.803. The maximum absolute atomic E-state index is 13.8. The molecule has 0 aliphatic carbocycles. The van der Waals surface area contributed by atoms with Crippen LogP contribution in [0.1, 0.15) is 20.7 Å². The van der Waals surface area contributed by atoms with E-state index in [0.717, 1.165) is 12.1 Å². The molecular weight excluding hydrogens is 378 g/mol. The van der Waals surface area contributed by atoms with E-state index >= 15 is 0 Å². The minimum absolute atomic E-state index is 0.187. The van der Waals surface area contributed by atoms with E-state index in [0.29, 0.717) is 22.4 Å². The molecule has 27 heavy (non-hydrogen) atoms. The third kappa shape index (κ3) is 4.03. The zero-order chi connectivity index (χ0) is 19.6. The summed E-state index contributed by atoms with van der Waals surface area (Å²) in [6.45, 7) is 1.04. The van der Waals surface area contributed by atoms with Gasteiger partial charge < -0.3 is 14.5 Å². The van der Waals surface area contributed by atoms with Gasteiger partial charge in [-0.15, -0.1) is 0 Å². The van der Waals surface area contributed by atoms with Crippen molar-refractivity contribution in [1.29, 1.82) is 0 Å². The summed E-state index contributed by atoms with van der Waals surface area (Å²) in [7, 11) is 1.47. The average molecular weight is 395 g/mol. The van der Waals surface area contributed by atoms with E-state index in [1.165, 1.54) is 18.1 Å². The molecule has 0 bridgehead atoms. The van der Waals surface area contributed by atoms with Crippen LogP contribution in [0.25, 0.3) is 0 Å². The zero-order valence-corrected chi connectivity index (χ0v) is 15.3. The minimum Gasteiger partial charge on any atom is -0.496 e. The first kappa shape index (κ1) is 19.1. The van der Waals surface area contributed by atoms with Gasteiger partial charge in [-0.2, -0.15) is 0 Å². The molecule has 8 heteroatoms. The number of benzene rings is 2. The molecule has 1 aliphatic rings. The number of rotatable bonds is 3. The summed E-state index contributed by atoms with van der Waals surface area (Å²) in [5, 5.41) is 0.416. The Bertz CT molecular complexity index is 883. The number of amides is 2. The molecule has 2 aromatic rings. The summed E-state index contributed by atoms with van der Waals surface area (Å²) in [6.07, 6.45) is 0. The van der Waals surface area contributed by atoms with Gasteiger partial charge in [0.2, 0.25) is 0 Å². The predicted molar refractivity (Wildman–Crippen MR) is 96.2 cm³/mol. The molecule has 1 aliphatic heterocycles. The summed E-state index contributed by atoms with van der Waals surface area (Å²) in [4.78, 5) is 28.2. The van der Waals surface area contributed by atoms with Crippen LogP contribution in [0.2, 0.25) is 5.02 Å². The summed E-state index contributed by atoms with van der Waals surface area (Å²) < 4.78 is 32.1. The molecule has 0 spiro atoms. The molecule has 0 unspecified atom stereocenters. The Labute approximate surface area is 160 Å². The first-order valence-corrected chi connectivity index (χ1v) is 8.65. The highest BCUT2D eigenvalue weighted by molar-refractivity contribution is 6.31. The van der Waals surface area contributed by atoms with Gasteiger partial charge in [0.1, 0.15) is 17.4 Å². The Hall–Kier alpha value is -2.67. The van der Waals surface area contributed by atoms with Gasteiger partial charge in [-0.1, -0.05) is 11.6 Å². The van der Waals surface area contributed by atoms with E-state index in [9.17, 15) is 18.4 Å². The van der Waals surface area contributed by atoms with Crippen LogP contribution in [0.5, 0.6) is 5.75 Å². The van der Waals surface area contributed by atoms with Crippen LogP contribution >= 0.6 is 11.6 Å². The maximum Gasteiger partial charge on any atom is 0.257 e. The molecule has 1 fully saturated rings. The molecule has 1 heterocycles. The second-order valence-corrected chi connectivity index (χ2v) is 6.49. The van der Waals surface area contributed by atoms with Gasteiger partial charge in [0, 0.05) is 37.3 Å². The third-order valence-electron chi connectivity index (χ3n) is 4.41. The van der Waals surface area contributed by atoms with Crippen LogP contribution in [0.15, 0.2) is 36.4 Å². The normalized spacial score (nSPS) is 14.2. The van der Waals surface area contributed by atoms with Crippen molar-refractivity contribution in [2.45, 2.75) is 0 Å². The van der Waals surface area contributed by atoms with Crippen LogP contribution in [-0.2, 0) is 0 Å². The Balaban J connectivity index is 1.69. The largest absolute Gasteiger partial charge is 0.496 e. The van der Waals surface area contributed by atoms with Crippen molar-refractivity contribution in [2.24, 2.45) is 0 Å². The highest BCUT2D eigenvalue weighted by atomic mass is 35.5. The topological polar surface area (TPSA) is 49.9 Å². The van der Waals surface area contributed by atoms with Gasteiger partial charge in [0.15, 0.2) is 0 Å². The Morgan fingerprint density at radius 3 is 2.07 bits per heavy atom. The average Bonchev–Trinajstić information content (AvgIpc) is 2.67. The lowest BCUT2D eigenvalue weighted by Gasteiger charge is -2.35. The SMILES string of the molecule is COc1ccc(Cl)cc1C(=O)N1CCN(C(=O)c2ccc(F)cc2F)CC1. The Morgan fingerprint density at radius 2 is 1.52 bits per heavy atom. The fraction of sp³-hybridized carbons (Fsp3) is 0.263. The van der Waals surface area contributed by atoms with Crippen LogP contribution in [0.3, 0.4) is 0 Å². The van der Waals surface area contributed by atoms with Crippen molar-refractivity contribution in [2.75, 3.05) is 33.3 Å². The standard InChI is InChI=1S/C19H17ClF2N2O3/c1-27-17-5-2-12(20)10-15(17)19(26)24-8-6-23(7-9-24)18(25)14-4-3-13(21)11-16(14)22/h2-5,10-11H,6-9H2,1H3. The zero-order valence-electron chi connectivity index (χ0n) is 14.5. The van der Waals surface area contributed by atoms with Crippen molar-refractivity contribution in [3.63, 3.8) is 0 Å². The van der Waals surface area contributed by atoms with Crippen LogP contribution < -0.4 is 4.74 Å². The lowest BCUT2D eigenvalue weighted by Crippen LogP contribution is -2.50. The summed E-state index contributed by atoms with van der Waals surface area (Å²) >= 11 is 5.97. The van der Waals surface area contributed by atoms with Crippen LogP contribution in [-0.4, -0.2) is 54.9 Å². The van der Waals surface area contributed by atoms with Crippen LogP contribution in [0, 0.1) is 11.6 Å². The molecular formula is C19H17ClF2N2O3. The molecule has 5 nitrogen and oxygen atoms in total. The second kappa shape index (κ2) is 7.92. The highest BCUT2D eigenvalue weighted by Gasteiger charge is 2.28. The Morgan fingerprint density at radius 1 is 0.926 bits per heavy atom. The summed E-state index contributed by atoms with van der Waals surface area (Å²) in [6, 6.07) is 7.63. The van der Waals surface area contributed by atoms with E-state index in [1.807, 2.05) is 0 Å². The molecule has 0 radical (unpaired) electrons. The minimum atomic E-state index is -0.901. The molecule has 0 aromatic heterocycles. The van der Waals surface area contributed by atoms with E-state index in [1.54, 1.807) is 17.0 Å². The monoisotopic (exact) mass is 394 g/mol. The van der Waals surface area contributed by atoms with Gasteiger partial charge in [-0.3, -0.25) is 9.59 Å². The first-order chi connectivity index (χ1) is 12.9. The predicted octanol–water partition coefficient (Wildman–Crippen LogP) is 3.23. The first-order valence-electron chi connectivity index (χ1n) is 8.28. The van der Waals surface area contributed by atoms with Gasteiger partial charge in [-0.25, -0.2) is 8.78 Å². The molecule has 2 amide bonds. The fourth-order valence-corrected chi connectivity index (χ4v) is 3.14. The number of hydrogen-bond donors (Lipinski definition) is 0. The van der Waals surface area contributed by atoms with Gasteiger partial charge in [-0.05, 0) is 30.3 Å². The number of carbonyl (C=O) groups is 2. The van der Waals surface area contributed by atoms with E-state index < -0.39 is 17.5 Å². The lowest BCUT2D eigenvalue weighted by molar-refractivity contribution is 0.0531. The molecule has 142 valence electrons. The van der Waals surface area contributed by atoms with E-state index in [-0.39, 0.29) is 37.6 Å². The van der Waals surface area contributed by atoms with Crippen molar-refractivity contribution >= 4 is 23.4 Å². The smallest absolute Gasteiger partial charge is 0.257 e. The number of carbonyl (C=O) groups excluding carboxylic acids is 2. The van der Waals surface area contributed by atoms with E-state index in [2.05, 4.69) is 0 Å². The van der Waals surface area contributed by atoms with Crippen molar-refractivity contribution < 1.29 is 23.1 Å². The number of piperazine rings is 1. The molecule has 0 atom stereocenters.